The van der Waals surface area contributed by atoms with Gasteiger partial charge in [-0.05, 0) is 13.8 Å². The molecule has 1 fully saturated rings. The Hall–Kier alpha value is -0.120. The molecule has 0 radical (unpaired) electrons. The van der Waals surface area contributed by atoms with Gasteiger partial charge in [0.1, 0.15) is 0 Å². The van der Waals surface area contributed by atoms with Gasteiger partial charge in [0, 0.05) is 20.0 Å². The molecule has 66 valence electrons. The Bertz CT molecular complexity index is 125. The summed E-state index contributed by atoms with van der Waals surface area (Å²) in [6, 6.07) is 0. The topological polar surface area (TPSA) is 38.7 Å². The van der Waals surface area contributed by atoms with Crippen LogP contribution in [0.15, 0.2) is 0 Å². The standard InChI is InChI=1S/C8H16O3/c1-6-4-8(2,10-3)5-7(9)11-6/h6-7,9H,4-5H2,1-3H3/t6-,7?,8?/m0/s1. The first-order valence-corrected chi connectivity index (χ1v) is 3.94. The van der Waals surface area contributed by atoms with E-state index in [1.807, 2.05) is 13.8 Å². The third-order valence-corrected chi connectivity index (χ3v) is 2.21. The molecule has 0 saturated carbocycles. The normalized spacial score (nSPS) is 45.8. The Labute approximate surface area is 67.3 Å². The quantitative estimate of drug-likeness (QED) is 0.619. The highest BCUT2D eigenvalue weighted by molar-refractivity contribution is 4.82. The van der Waals surface area contributed by atoms with Crippen LogP contribution in [0.25, 0.3) is 0 Å². The highest BCUT2D eigenvalue weighted by Gasteiger charge is 2.35. The molecular weight excluding hydrogens is 144 g/mol. The molecule has 0 bridgehead atoms. The lowest BCUT2D eigenvalue weighted by atomic mass is 9.92. The molecule has 0 spiro atoms. The van der Waals surface area contributed by atoms with Crippen LogP contribution in [0.2, 0.25) is 0 Å². The smallest absolute Gasteiger partial charge is 0.157 e. The van der Waals surface area contributed by atoms with Crippen LogP contribution in [-0.2, 0) is 9.47 Å². The minimum Gasteiger partial charge on any atom is -0.378 e. The molecule has 0 aliphatic carbocycles. The van der Waals surface area contributed by atoms with E-state index in [9.17, 15) is 5.11 Å². The van der Waals surface area contributed by atoms with Crippen LogP contribution in [0.3, 0.4) is 0 Å². The van der Waals surface area contributed by atoms with Crippen molar-refractivity contribution in [1.29, 1.82) is 0 Å². The van der Waals surface area contributed by atoms with E-state index in [-0.39, 0.29) is 11.7 Å². The van der Waals surface area contributed by atoms with E-state index in [0.717, 1.165) is 6.42 Å². The number of rotatable bonds is 1. The fourth-order valence-electron chi connectivity index (χ4n) is 1.59. The van der Waals surface area contributed by atoms with Crippen molar-refractivity contribution in [2.45, 2.75) is 44.7 Å². The Kier molecular flexibility index (Phi) is 2.52. The molecule has 1 saturated heterocycles. The molecule has 1 N–H and O–H groups in total. The lowest BCUT2D eigenvalue weighted by molar-refractivity contribution is -0.215. The molecule has 0 aromatic heterocycles. The monoisotopic (exact) mass is 160 g/mol. The van der Waals surface area contributed by atoms with Gasteiger partial charge in [0.2, 0.25) is 0 Å². The van der Waals surface area contributed by atoms with Crippen LogP contribution >= 0.6 is 0 Å². The molecular formula is C8H16O3. The van der Waals surface area contributed by atoms with Gasteiger partial charge in [-0.2, -0.15) is 0 Å². The van der Waals surface area contributed by atoms with E-state index < -0.39 is 6.29 Å². The van der Waals surface area contributed by atoms with Gasteiger partial charge in [0.25, 0.3) is 0 Å². The van der Waals surface area contributed by atoms with Crippen LogP contribution in [0, 0.1) is 0 Å². The summed E-state index contributed by atoms with van der Waals surface area (Å²) in [7, 11) is 1.67. The van der Waals surface area contributed by atoms with Gasteiger partial charge in [-0.15, -0.1) is 0 Å². The van der Waals surface area contributed by atoms with E-state index in [1.54, 1.807) is 7.11 Å². The number of ether oxygens (including phenoxy) is 2. The fourth-order valence-corrected chi connectivity index (χ4v) is 1.59. The molecule has 1 aliphatic heterocycles. The Balaban J connectivity index is 2.55. The van der Waals surface area contributed by atoms with Crippen LogP contribution in [0.1, 0.15) is 26.7 Å². The molecule has 3 nitrogen and oxygen atoms in total. The van der Waals surface area contributed by atoms with Gasteiger partial charge in [0.05, 0.1) is 11.7 Å². The van der Waals surface area contributed by atoms with E-state index in [0.29, 0.717) is 6.42 Å². The molecule has 0 aromatic rings. The highest BCUT2D eigenvalue weighted by Crippen LogP contribution is 2.29. The van der Waals surface area contributed by atoms with Crippen molar-refractivity contribution in [1.82, 2.24) is 0 Å². The summed E-state index contributed by atoms with van der Waals surface area (Å²) < 4.78 is 10.4. The third kappa shape index (κ3) is 2.15. The van der Waals surface area contributed by atoms with Gasteiger partial charge in [0.15, 0.2) is 6.29 Å². The predicted molar refractivity (Wildman–Crippen MR) is 41.2 cm³/mol. The molecule has 1 heterocycles. The van der Waals surface area contributed by atoms with Gasteiger partial charge < -0.3 is 14.6 Å². The van der Waals surface area contributed by atoms with Crippen molar-refractivity contribution in [3.8, 4) is 0 Å². The molecule has 3 atom stereocenters. The van der Waals surface area contributed by atoms with Crippen molar-refractivity contribution >= 4 is 0 Å². The first kappa shape index (κ1) is 8.97. The maximum Gasteiger partial charge on any atom is 0.157 e. The second kappa shape index (κ2) is 3.09. The van der Waals surface area contributed by atoms with E-state index in [2.05, 4.69) is 0 Å². The minimum atomic E-state index is -0.663. The molecule has 11 heavy (non-hydrogen) atoms. The first-order chi connectivity index (χ1) is 5.06. The van der Waals surface area contributed by atoms with E-state index >= 15 is 0 Å². The van der Waals surface area contributed by atoms with Crippen LogP contribution in [-0.4, -0.2) is 30.2 Å². The molecule has 0 aromatic carbocycles. The summed E-state index contributed by atoms with van der Waals surface area (Å²) >= 11 is 0. The summed E-state index contributed by atoms with van der Waals surface area (Å²) in [5.74, 6) is 0. The number of hydrogen-bond acceptors (Lipinski definition) is 3. The van der Waals surface area contributed by atoms with Crippen LogP contribution in [0.4, 0.5) is 0 Å². The number of hydrogen-bond donors (Lipinski definition) is 1. The number of aliphatic hydroxyl groups is 1. The van der Waals surface area contributed by atoms with E-state index in [1.165, 1.54) is 0 Å². The zero-order valence-electron chi connectivity index (χ0n) is 7.33. The third-order valence-electron chi connectivity index (χ3n) is 2.21. The summed E-state index contributed by atoms with van der Waals surface area (Å²) in [6.07, 6.45) is 0.835. The molecule has 0 amide bonds. The summed E-state index contributed by atoms with van der Waals surface area (Å²) in [4.78, 5) is 0. The van der Waals surface area contributed by atoms with Gasteiger partial charge in [-0.3, -0.25) is 0 Å². The minimum absolute atomic E-state index is 0.0868. The molecule has 2 unspecified atom stereocenters. The maximum atomic E-state index is 9.24. The summed E-state index contributed by atoms with van der Waals surface area (Å²) in [5.41, 5.74) is -0.211. The van der Waals surface area contributed by atoms with Gasteiger partial charge in [-0.25, -0.2) is 0 Å². The zero-order chi connectivity index (χ0) is 8.48. The van der Waals surface area contributed by atoms with Crippen molar-refractivity contribution in [3.05, 3.63) is 0 Å². The van der Waals surface area contributed by atoms with Crippen molar-refractivity contribution in [3.63, 3.8) is 0 Å². The SMILES string of the molecule is COC1(C)CC(O)O[C@@H](C)C1. The molecule has 1 rings (SSSR count). The largest absolute Gasteiger partial charge is 0.378 e. The fraction of sp³-hybridized carbons (Fsp3) is 1.00. The Morgan fingerprint density at radius 3 is 2.64 bits per heavy atom. The average Bonchev–Trinajstić information content (AvgIpc) is 1.84. The average molecular weight is 160 g/mol. The van der Waals surface area contributed by atoms with Gasteiger partial charge >= 0.3 is 0 Å². The lowest BCUT2D eigenvalue weighted by Gasteiger charge is -2.38. The maximum absolute atomic E-state index is 9.24. The molecule has 3 heteroatoms. The highest BCUT2D eigenvalue weighted by atomic mass is 16.6. The second-order valence-electron chi connectivity index (χ2n) is 3.46. The van der Waals surface area contributed by atoms with E-state index in [4.69, 9.17) is 9.47 Å². The predicted octanol–water partition coefficient (Wildman–Crippen LogP) is 0.909. The lowest BCUT2D eigenvalue weighted by Crippen LogP contribution is -2.43. The van der Waals surface area contributed by atoms with Crippen molar-refractivity contribution in [2.75, 3.05) is 7.11 Å². The van der Waals surface area contributed by atoms with Crippen LogP contribution < -0.4 is 0 Å². The molecule has 1 aliphatic rings. The number of methoxy groups -OCH3 is 1. The number of aliphatic hydroxyl groups excluding tert-OH is 1. The zero-order valence-corrected chi connectivity index (χ0v) is 7.33. The van der Waals surface area contributed by atoms with Crippen molar-refractivity contribution in [2.24, 2.45) is 0 Å². The van der Waals surface area contributed by atoms with Crippen molar-refractivity contribution < 1.29 is 14.6 Å². The summed E-state index contributed by atoms with van der Waals surface area (Å²) in [6.45, 7) is 3.94. The summed E-state index contributed by atoms with van der Waals surface area (Å²) in [5, 5.41) is 9.24. The van der Waals surface area contributed by atoms with Crippen LogP contribution in [0.5, 0.6) is 0 Å². The Morgan fingerprint density at radius 2 is 2.18 bits per heavy atom. The first-order valence-electron chi connectivity index (χ1n) is 3.94. The Morgan fingerprint density at radius 1 is 1.55 bits per heavy atom. The second-order valence-corrected chi connectivity index (χ2v) is 3.46. The van der Waals surface area contributed by atoms with Gasteiger partial charge in [-0.1, -0.05) is 0 Å².